The number of hydrogen-bond acceptors (Lipinski definition) is 6. The number of nitrogens with zero attached hydrogens (tertiary/aromatic N) is 3. The number of benzene rings is 8. The highest BCUT2D eigenvalue weighted by Crippen LogP contribution is 2.47. The Balaban J connectivity index is 1.04. The van der Waals surface area contributed by atoms with E-state index in [4.69, 9.17) is 23.8 Å². The molecular formula is C51H29N3O2S. The van der Waals surface area contributed by atoms with Gasteiger partial charge >= 0.3 is 0 Å². The van der Waals surface area contributed by atoms with Crippen LogP contribution in [0.1, 0.15) is 0 Å². The van der Waals surface area contributed by atoms with Gasteiger partial charge in [-0.25, -0.2) is 15.0 Å². The third-order valence-corrected chi connectivity index (χ3v) is 12.1. The van der Waals surface area contributed by atoms with E-state index < -0.39 is 0 Å². The van der Waals surface area contributed by atoms with E-state index in [1.54, 1.807) is 0 Å². The predicted molar refractivity (Wildman–Crippen MR) is 234 cm³/mol. The average Bonchev–Trinajstić information content (AvgIpc) is 3.98. The average molecular weight is 748 g/mol. The summed E-state index contributed by atoms with van der Waals surface area (Å²) in [5, 5.41) is 6.71. The molecule has 4 aromatic heterocycles. The van der Waals surface area contributed by atoms with Crippen molar-refractivity contribution in [3.63, 3.8) is 0 Å². The molecule has 0 spiro atoms. The number of aromatic nitrogens is 3. The highest BCUT2D eigenvalue weighted by atomic mass is 32.1. The van der Waals surface area contributed by atoms with Crippen LogP contribution in [-0.2, 0) is 0 Å². The quantitative estimate of drug-likeness (QED) is 0.175. The predicted octanol–water partition coefficient (Wildman–Crippen LogP) is 14.4. The minimum Gasteiger partial charge on any atom is -0.456 e. The molecule has 57 heavy (non-hydrogen) atoms. The molecule has 0 fully saturated rings. The van der Waals surface area contributed by atoms with Gasteiger partial charge in [0.2, 0.25) is 0 Å². The lowest BCUT2D eigenvalue weighted by Crippen LogP contribution is -2.00. The van der Waals surface area contributed by atoms with Crippen LogP contribution in [0.15, 0.2) is 185 Å². The molecule has 266 valence electrons. The van der Waals surface area contributed by atoms with E-state index >= 15 is 0 Å². The van der Waals surface area contributed by atoms with Gasteiger partial charge in [0.15, 0.2) is 17.5 Å². The number of rotatable bonds is 5. The Labute approximate surface area is 330 Å². The van der Waals surface area contributed by atoms with Crippen molar-refractivity contribution >= 4 is 75.4 Å². The van der Waals surface area contributed by atoms with Crippen LogP contribution < -0.4 is 0 Å². The maximum Gasteiger partial charge on any atom is 0.164 e. The lowest BCUT2D eigenvalue weighted by atomic mass is 9.92. The summed E-state index contributed by atoms with van der Waals surface area (Å²) < 4.78 is 16.0. The fraction of sp³-hybridized carbons (Fsp3) is 0. The molecule has 0 unspecified atom stereocenters. The molecule has 12 rings (SSSR count). The standard InChI is InChI=1S/C51H29N3O2S/c1-3-13-30(14-4-1)49-52-50(31-15-5-2-6-16-31)54-51(53-49)39-20-11-22-41-45(39)37-26-25-32(29-42(37)55-41)33-27-28-35(47-36-17-7-9-21-40(36)56-48(33)47)34-19-12-24-44-46(34)38-18-8-10-23-43(38)57-44/h1-29H. The molecule has 0 atom stereocenters. The first kappa shape index (κ1) is 31.9. The highest BCUT2D eigenvalue weighted by molar-refractivity contribution is 7.25. The van der Waals surface area contributed by atoms with Gasteiger partial charge in [-0.2, -0.15) is 0 Å². The van der Waals surface area contributed by atoms with Gasteiger partial charge in [-0.3, -0.25) is 0 Å². The van der Waals surface area contributed by atoms with E-state index in [2.05, 4.69) is 97.1 Å². The molecule has 0 amide bonds. The Morgan fingerprint density at radius 2 is 0.930 bits per heavy atom. The first-order valence-corrected chi connectivity index (χ1v) is 19.7. The minimum atomic E-state index is 0.591. The largest absolute Gasteiger partial charge is 0.456 e. The van der Waals surface area contributed by atoms with Crippen molar-refractivity contribution < 1.29 is 8.83 Å². The van der Waals surface area contributed by atoms with Gasteiger partial charge in [0.25, 0.3) is 0 Å². The number of thiophene rings is 1. The number of hydrogen-bond donors (Lipinski definition) is 0. The number of para-hydroxylation sites is 1. The van der Waals surface area contributed by atoms with Crippen LogP contribution in [0, 0.1) is 0 Å². The van der Waals surface area contributed by atoms with Crippen LogP contribution in [0.4, 0.5) is 0 Å². The van der Waals surface area contributed by atoms with Crippen LogP contribution in [0.3, 0.4) is 0 Å². The van der Waals surface area contributed by atoms with E-state index in [9.17, 15) is 0 Å². The molecule has 8 aromatic carbocycles. The fourth-order valence-corrected chi connectivity index (χ4v) is 9.52. The molecule has 0 saturated heterocycles. The van der Waals surface area contributed by atoms with E-state index in [0.29, 0.717) is 17.5 Å². The van der Waals surface area contributed by atoms with Crippen LogP contribution >= 0.6 is 11.3 Å². The van der Waals surface area contributed by atoms with Crippen LogP contribution in [0.5, 0.6) is 0 Å². The van der Waals surface area contributed by atoms with Gasteiger partial charge in [-0.05, 0) is 59.2 Å². The second kappa shape index (κ2) is 12.6. The summed E-state index contributed by atoms with van der Waals surface area (Å²) in [7, 11) is 0. The van der Waals surface area contributed by atoms with Gasteiger partial charge in [-0.1, -0.05) is 133 Å². The maximum atomic E-state index is 6.77. The van der Waals surface area contributed by atoms with Gasteiger partial charge in [0.1, 0.15) is 22.3 Å². The molecule has 4 heterocycles. The lowest BCUT2D eigenvalue weighted by Gasteiger charge is -2.10. The zero-order chi connectivity index (χ0) is 37.5. The number of fused-ring (bicyclic) bond motifs is 9. The Morgan fingerprint density at radius 3 is 1.74 bits per heavy atom. The SMILES string of the molecule is c1ccc(-c2nc(-c3ccccc3)nc(-c3cccc4oc5cc(-c6ccc(-c7cccc8sc9ccccc9c78)c7c6oc6ccccc67)ccc5c34)n2)cc1. The van der Waals surface area contributed by atoms with Crippen molar-refractivity contribution in [3.05, 3.63) is 176 Å². The maximum absolute atomic E-state index is 6.77. The van der Waals surface area contributed by atoms with Crippen molar-refractivity contribution in [1.82, 2.24) is 15.0 Å². The molecule has 5 nitrogen and oxygen atoms in total. The second-order valence-electron chi connectivity index (χ2n) is 14.3. The Morgan fingerprint density at radius 1 is 0.333 bits per heavy atom. The van der Waals surface area contributed by atoms with Gasteiger partial charge < -0.3 is 8.83 Å². The van der Waals surface area contributed by atoms with Crippen LogP contribution in [-0.4, -0.2) is 15.0 Å². The Kier molecular flexibility index (Phi) is 7.03. The van der Waals surface area contributed by atoms with E-state index in [0.717, 1.165) is 77.3 Å². The van der Waals surface area contributed by atoms with E-state index in [1.807, 2.05) is 90.2 Å². The molecule has 0 aliphatic carbocycles. The normalized spacial score (nSPS) is 11.9. The molecule has 6 heteroatoms. The summed E-state index contributed by atoms with van der Waals surface area (Å²) in [6, 6.07) is 60.8. The zero-order valence-corrected chi connectivity index (χ0v) is 31.1. The monoisotopic (exact) mass is 747 g/mol. The third-order valence-electron chi connectivity index (χ3n) is 11.0. The fourth-order valence-electron chi connectivity index (χ4n) is 8.39. The summed E-state index contributed by atoms with van der Waals surface area (Å²) in [6.07, 6.45) is 0. The molecule has 0 saturated carbocycles. The minimum absolute atomic E-state index is 0.591. The van der Waals surface area contributed by atoms with Gasteiger partial charge in [0.05, 0.1) is 0 Å². The zero-order valence-electron chi connectivity index (χ0n) is 30.3. The third kappa shape index (κ3) is 5.04. The summed E-state index contributed by atoms with van der Waals surface area (Å²) in [4.78, 5) is 15.0. The summed E-state index contributed by atoms with van der Waals surface area (Å²) in [5.74, 6) is 1.83. The van der Waals surface area contributed by atoms with Crippen LogP contribution in [0.2, 0.25) is 0 Å². The summed E-state index contributed by atoms with van der Waals surface area (Å²) >= 11 is 1.84. The van der Waals surface area contributed by atoms with Crippen molar-refractivity contribution in [2.45, 2.75) is 0 Å². The van der Waals surface area contributed by atoms with Crippen molar-refractivity contribution in [1.29, 1.82) is 0 Å². The van der Waals surface area contributed by atoms with Gasteiger partial charge in [-0.15, -0.1) is 11.3 Å². The van der Waals surface area contributed by atoms with E-state index in [1.165, 1.54) is 25.7 Å². The number of furan rings is 2. The molecule has 0 N–H and O–H groups in total. The summed E-state index contributed by atoms with van der Waals surface area (Å²) in [5.41, 5.74) is 10.4. The molecule has 0 aliphatic heterocycles. The molecule has 0 bridgehead atoms. The smallest absolute Gasteiger partial charge is 0.164 e. The van der Waals surface area contributed by atoms with Crippen molar-refractivity contribution in [2.75, 3.05) is 0 Å². The second-order valence-corrected chi connectivity index (χ2v) is 15.4. The topological polar surface area (TPSA) is 65.0 Å². The highest BCUT2D eigenvalue weighted by Gasteiger charge is 2.22. The lowest BCUT2D eigenvalue weighted by molar-refractivity contribution is 0.668. The molecule has 0 radical (unpaired) electrons. The molecule has 12 aromatic rings. The first-order valence-electron chi connectivity index (χ1n) is 18.9. The van der Waals surface area contributed by atoms with Crippen molar-refractivity contribution in [3.8, 4) is 56.4 Å². The molecule has 0 aliphatic rings. The molecular weight excluding hydrogens is 719 g/mol. The van der Waals surface area contributed by atoms with Gasteiger partial charge in [0, 0.05) is 64.0 Å². The summed E-state index contributed by atoms with van der Waals surface area (Å²) in [6.45, 7) is 0. The van der Waals surface area contributed by atoms with E-state index in [-0.39, 0.29) is 0 Å². The van der Waals surface area contributed by atoms with Crippen LogP contribution in [0.25, 0.3) is 120 Å². The Hall–Kier alpha value is -7.41. The Bertz CT molecular complexity index is 3470. The first-order chi connectivity index (χ1) is 28.2. The van der Waals surface area contributed by atoms with Crippen molar-refractivity contribution in [2.24, 2.45) is 0 Å².